The number of hydrogen-bond donors (Lipinski definition) is 1. The van der Waals surface area contributed by atoms with E-state index in [0.29, 0.717) is 17.7 Å². The maximum absolute atomic E-state index is 13.5. The van der Waals surface area contributed by atoms with E-state index in [1.165, 1.54) is 12.3 Å². The lowest BCUT2D eigenvalue weighted by Gasteiger charge is -2.43. The second-order valence-corrected chi connectivity index (χ2v) is 16.7. The van der Waals surface area contributed by atoms with E-state index < -0.39 is 32.2 Å². The Kier molecular flexibility index (Phi) is 8.74. The molecule has 0 fully saturated rings. The van der Waals surface area contributed by atoms with E-state index in [-0.39, 0.29) is 17.1 Å². The average molecular weight is 632 g/mol. The summed E-state index contributed by atoms with van der Waals surface area (Å²) in [4.78, 5) is 12.1. The Labute approximate surface area is 261 Å². The van der Waals surface area contributed by atoms with Gasteiger partial charge in [-0.05, 0) is 63.1 Å². The first kappa shape index (κ1) is 32.1. The molecule has 6 nitrogen and oxygen atoms in total. The van der Waals surface area contributed by atoms with Gasteiger partial charge in [-0.15, -0.1) is 10.2 Å². The Morgan fingerprint density at radius 1 is 0.911 bits per heavy atom. The Morgan fingerprint density at radius 3 is 2.04 bits per heavy atom. The molecule has 0 aliphatic heterocycles. The Hall–Kier alpha value is -4.28. The number of aromatic nitrogens is 3. The zero-order chi connectivity index (χ0) is 32.6. The summed E-state index contributed by atoms with van der Waals surface area (Å²) in [5.41, 5.74) is 3.69. The fourth-order valence-corrected chi connectivity index (χ4v) is 10.8. The molecule has 0 bridgehead atoms. The summed E-state index contributed by atoms with van der Waals surface area (Å²) < 4.78 is 48.6. The highest BCUT2D eigenvalue weighted by Crippen LogP contribution is 2.39. The van der Waals surface area contributed by atoms with Crippen molar-refractivity contribution in [3.05, 3.63) is 125 Å². The van der Waals surface area contributed by atoms with Gasteiger partial charge in [0.05, 0.1) is 13.0 Å². The highest BCUT2D eigenvalue weighted by molar-refractivity contribution is 6.99. The standard InChI is InChI=1S/C35H36F3N3O3Si/c1-23-16-17-25(30(21-31(42)43)29-18-19-41-32(24(29)2)39-40-33(41)35(36,37)38)20-26(23)22-44-45(34(3,4)5,27-12-8-6-9-13-27)28-14-10-7-11-15-28/h6-20,30H,21-22H2,1-5H3,(H,42,43). The fourth-order valence-electron chi connectivity index (χ4n) is 6.26. The number of aryl methyl sites for hydroxylation is 2. The molecule has 2 heterocycles. The molecule has 45 heavy (non-hydrogen) atoms. The smallest absolute Gasteiger partial charge is 0.452 e. The molecule has 1 unspecified atom stereocenters. The largest absolute Gasteiger partial charge is 0.481 e. The minimum Gasteiger partial charge on any atom is -0.481 e. The van der Waals surface area contributed by atoms with Crippen molar-refractivity contribution in [1.29, 1.82) is 0 Å². The number of hydrogen-bond acceptors (Lipinski definition) is 4. The monoisotopic (exact) mass is 631 g/mol. The Bertz CT molecular complexity index is 1780. The lowest BCUT2D eigenvalue weighted by atomic mass is 9.85. The van der Waals surface area contributed by atoms with Gasteiger partial charge >= 0.3 is 12.1 Å². The molecule has 5 aromatic rings. The summed E-state index contributed by atoms with van der Waals surface area (Å²) in [5, 5.41) is 19.1. The third kappa shape index (κ3) is 6.17. The summed E-state index contributed by atoms with van der Waals surface area (Å²) in [6, 6.07) is 28.0. The van der Waals surface area contributed by atoms with Crippen molar-refractivity contribution in [2.75, 3.05) is 0 Å². The molecule has 0 spiro atoms. The van der Waals surface area contributed by atoms with E-state index in [1.807, 2.05) is 61.5 Å². The first-order chi connectivity index (χ1) is 21.2. The fraction of sp³-hybridized carbons (Fsp3) is 0.286. The molecule has 2 aromatic heterocycles. The summed E-state index contributed by atoms with van der Waals surface area (Å²) in [7, 11) is -2.85. The first-order valence-corrected chi connectivity index (χ1v) is 16.6. The number of carbonyl (C=O) groups is 1. The summed E-state index contributed by atoms with van der Waals surface area (Å²) >= 11 is 0. The third-order valence-corrected chi connectivity index (χ3v) is 13.5. The predicted octanol–water partition coefficient (Wildman–Crippen LogP) is 7.05. The number of alkyl halides is 3. The molecule has 1 atom stereocenters. The van der Waals surface area contributed by atoms with Crippen molar-refractivity contribution in [3.8, 4) is 0 Å². The van der Waals surface area contributed by atoms with Crippen molar-refractivity contribution < 1.29 is 27.5 Å². The maximum atomic E-state index is 13.5. The Balaban J connectivity index is 1.58. The molecule has 0 amide bonds. The lowest BCUT2D eigenvalue weighted by Crippen LogP contribution is -2.66. The molecule has 234 valence electrons. The van der Waals surface area contributed by atoms with E-state index in [4.69, 9.17) is 4.43 Å². The van der Waals surface area contributed by atoms with Gasteiger partial charge in [-0.3, -0.25) is 9.20 Å². The van der Waals surface area contributed by atoms with E-state index in [1.54, 1.807) is 6.92 Å². The van der Waals surface area contributed by atoms with Crippen molar-refractivity contribution in [3.63, 3.8) is 0 Å². The molecule has 0 aliphatic carbocycles. The molecule has 0 saturated heterocycles. The normalized spacial score (nSPS) is 13.2. The van der Waals surface area contributed by atoms with Crippen LogP contribution >= 0.6 is 0 Å². The van der Waals surface area contributed by atoms with Crippen LogP contribution in [0.3, 0.4) is 0 Å². The second-order valence-electron chi connectivity index (χ2n) is 12.4. The number of pyridine rings is 1. The van der Waals surface area contributed by atoms with Gasteiger partial charge in [0.25, 0.3) is 8.32 Å². The Morgan fingerprint density at radius 2 is 1.51 bits per heavy atom. The number of benzene rings is 3. The van der Waals surface area contributed by atoms with Crippen LogP contribution in [0.5, 0.6) is 0 Å². The number of fused-ring (bicyclic) bond motifs is 1. The van der Waals surface area contributed by atoms with Crippen LogP contribution in [0.15, 0.2) is 91.1 Å². The van der Waals surface area contributed by atoms with Crippen molar-refractivity contribution >= 4 is 30.3 Å². The molecule has 0 saturated carbocycles. The molecule has 0 aliphatic rings. The molecular formula is C35H36F3N3O3Si. The number of carboxylic acids is 1. The van der Waals surface area contributed by atoms with Gasteiger partial charge in [0, 0.05) is 12.1 Å². The SMILES string of the molecule is Cc1ccc(C(CC(=O)O)c2ccn3c(C(F)(F)F)nnc3c2C)cc1CO[Si](c1ccccc1)(c1ccccc1)C(C)(C)C. The third-order valence-electron chi connectivity index (χ3n) is 8.51. The molecular weight excluding hydrogens is 595 g/mol. The molecule has 3 aromatic carbocycles. The van der Waals surface area contributed by atoms with Gasteiger partial charge < -0.3 is 9.53 Å². The van der Waals surface area contributed by atoms with E-state index in [0.717, 1.165) is 31.5 Å². The first-order valence-electron chi connectivity index (χ1n) is 14.7. The average Bonchev–Trinajstić information content (AvgIpc) is 3.44. The van der Waals surface area contributed by atoms with E-state index >= 15 is 0 Å². The zero-order valence-electron chi connectivity index (χ0n) is 25.9. The number of halogens is 3. The van der Waals surface area contributed by atoms with Crippen LogP contribution in [0.25, 0.3) is 5.65 Å². The number of rotatable bonds is 9. The van der Waals surface area contributed by atoms with Crippen LogP contribution in [-0.2, 0) is 22.0 Å². The van der Waals surface area contributed by atoms with Crippen LogP contribution in [0, 0.1) is 13.8 Å². The molecule has 1 N–H and O–H groups in total. The van der Waals surface area contributed by atoms with E-state index in [2.05, 4.69) is 55.2 Å². The van der Waals surface area contributed by atoms with E-state index in [9.17, 15) is 23.1 Å². The lowest BCUT2D eigenvalue weighted by molar-refractivity contribution is -0.145. The number of carboxylic acid groups (broad SMARTS) is 1. The van der Waals surface area contributed by atoms with Crippen molar-refractivity contribution in [2.24, 2.45) is 0 Å². The van der Waals surface area contributed by atoms with Gasteiger partial charge in [-0.2, -0.15) is 13.2 Å². The van der Waals surface area contributed by atoms with Crippen LogP contribution in [0.1, 0.15) is 66.8 Å². The highest BCUT2D eigenvalue weighted by Gasteiger charge is 2.50. The number of aliphatic carboxylic acids is 1. The summed E-state index contributed by atoms with van der Waals surface area (Å²) in [6.45, 7) is 10.6. The molecule has 5 rings (SSSR count). The van der Waals surface area contributed by atoms with Crippen molar-refractivity contribution in [2.45, 2.75) is 64.8 Å². The van der Waals surface area contributed by atoms with Gasteiger partial charge in [0.15, 0.2) is 5.65 Å². The van der Waals surface area contributed by atoms with Crippen LogP contribution in [-0.4, -0.2) is 34.0 Å². The number of nitrogens with zero attached hydrogens (tertiary/aromatic N) is 3. The highest BCUT2D eigenvalue weighted by atomic mass is 28.4. The van der Waals surface area contributed by atoms with Gasteiger partial charge in [0.2, 0.25) is 5.82 Å². The van der Waals surface area contributed by atoms with Crippen LogP contribution in [0.2, 0.25) is 5.04 Å². The molecule has 10 heteroatoms. The second kappa shape index (κ2) is 12.2. The predicted molar refractivity (Wildman–Crippen MR) is 170 cm³/mol. The summed E-state index contributed by atoms with van der Waals surface area (Å²) in [5.74, 6) is -2.78. The van der Waals surface area contributed by atoms with Crippen LogP contribution in [0.4, 0.5) is 13.2 Å². The summed E-state index contributed by atoms with van der Waals surface area (Å²) in [6.07, 6.45) is -3.67. The van der Waals surface area contributed by atoms with Gasteiger partial charge in [0.1, 0.15) is 0 Å². The van der Waals surface area contributed by atoms with Gasteiger partial charge in [-0.1, -0.05) is 99.6 Å². The van der Waals surface area contributed by atoms with Crippen LogP contribution < -0.4 is 10.4 Å². The zero-order valence-corrected chi connectivity index (χ0v) is 26.9. The quantitative estimate of drug-likeness (QED) is 0.177. The minimum absolute atomic E-state index is 0.0394. The maximum Gasteiger partial charge on any atom is 0.452 e. The topological polar surface area (TPSA) is 76.7 Å². The van der Waals surface area contributed by atoms with Crippen molar-refractivity contribution in [1.82, 2.24) is 14.6 Å². The molecule has 0 radical (unpaired) electrons. The van der Waals surface area contributed by atoms with Gasteiger partial charge in [-0.25, -0.2) is 0 Å². The minimum atomic E-state index is -4.68.